The minimum absolute atomic E-state index is 0.357. The maximum atomic E-state index is 12.9. The molecule has 0 aliphatic carbocycles. The maximum absolute atomic E-state index is 12.9. The molecule has 4 unspecified atom stereocenters. The Labute approximate surface area is 219 Å². The Balaban J connectivity index is 1.50. The first-order valence-corrected chi connectivity index (χ1v) is 13.0. The van der Waals surface area contributed by atoms with Gasteiger partial charge in [-0.15, -0.1) is 11.8 Å². The summed E-state index contributed by atoms with van der Waals surface area (Å²) in [4.78, 5) is 17.7. The van der Waals surface area contributed by atoms with Crippen LogP contribution in [0.15, 0.2) is 76.6 Å². The van der Waals surface area contributed by atoms with E-state index in [4.69, 9.17) is 21.1 Å². The number of halogens is 1. The number of ether oxygens (including phenoxy) is 2. The zero-order valence-corrected chi connectivity index (χ0v) is 21.4. The number of nitrogens with zero attached hydrogens (tertiary/aromatic N) is 1. The Bertz CT molecular complexity index is 1200. The summed E-state index contributed by atoms with van der Waals surface area (Å²) < 4.78 is 11.6. The van der Waals surface area contributed by atoms with E-state index in [0.29, 0.717) is 29.4 Å². The van der Waals surface area contributed by atoms with Crippen LogP contribution in [-0.2, 0) is 16.0 Å². The molecule has 6 nitrogen and oxygen atoms in total. The van der Waals surface area contributed by atoms with Crippen LogP contribution < -0.4 is 4.74 Å². The first-order valence-electron chi connectivity index (χ1n) is 11.6. The highest BCUT2D eigenvalue weighted by Gasteiger charge is 2.44. The van der Waals surface area contributed by atoms with Crippen LogP contribution in [0.1, 0.15) is 29.7 Å². The molecule has 1 heterocycles. The van der Waals surface area contributed by atoms with Crippen molar-refractivity contribution in [3.05, 3.63) is 88.4 Å². The first kappa shape index (κ1) is 26.4. The van der Waals surface area contributed by atoms with E-state index in [0.717, 1.165) is 27.5 Å². The number of aliphatic hydroxyl groups is 2. The van der Waals surface area contributed by atoms with Crippen molar-refractivity contribution in [1.29, 1.82) is 0 Å². The molecule has 0 radical (unpaired) electrons. The molecule has 1 aliphatic heterocycles. The summed E-state index contributed by atoms with van der Waals surface area (Å²) in [7, 11) is 0. The van der Waals surface area contributed by atoms with Crippen molar-refractivity contribution in [2.45, 2.75) is 42.7 Å². The van der Waals surface area contributed by atoms with Crippen LogP contribution in [0.25, 0.3) is 0 Å². The molecule has 3 aromatic carbocycles. The zero-order chi connectivity index (χ0) is 25.7. The summed E-state index contributed by atoms with van der Waals surface area (Å²) in [6, 6.07) is 20.5. The Morgan fingerprint density at radius 1 is 1.08 bits per heavy atom. The van der Waals surface area contributed by atoms with Crippen LogP contribution in [0, 0.1) is 0 Å². The van der Waals surface area contributed by atoms with Crippen molar-refractivity contribution >= 4 is 41.6 Å². The lowest BCUT2D eigenvalue weighted by atomic mass is 9.91. The monoisotopic (exact) mass is 525 g/mol. The fourth-order valence-corrected chi connectivity index (χ4v) is 5.18. The minimum atomic E-state index is -1.54. The SMILES string of the molecule is C=Nc1ccc(SCC2OC(c3ccc(Cl)c(Cc4ccc(OCC)cc4)c3)C(=O)C(O)C2O)cc1. The number of hydrogen-bond donors (Lipinski definition) is 2. The molecule has 2 N–H and O–H groups in total. The third-order valence-electron chi connectivity index (χ3n) is 6.00. The van der Waals surface area contributed by atoms with E-state index in [2.05, 4.69) is 11.7 Å². The lowest BCUT2D eigenvalue weighted by molar-refractivity contribution is -0.179. The molecule has 1 saturated heterocycles. The van der Waals surface area contributed by atoms with Crippen molar-refractivity contribution in [3.8, 4) is 5.75 Å². The van der Waals surface area contributed by atoms with Gasteiger partial charge in [-0.05, 0) is 79.2 Å². The van der Waals surface area contributed by atoms with Gasteiger partial charge in [-0.3, -0.25) is 9.79 Å². The molecule has 4 rings (SSSR count). The van der Waals surface area contributed by atoms with Crippen LogP contribution in [-0.4, -0.2) is 53.4 Å². The molecule has 0 spiro atoms. The van der Waals surface area contributed by atoms with E-state index >= 15 is 0 Å². The Kier molecular flexibility index (Phi) is 8.82. The van der Waals surface area contributed by atoms with Gasteiger partial charge in [-0.2, -0.15) is 0 Å². The number of carbonyl (C=O) groups excluding carboxylic acids is 1. The highest BCUT2D eigenvalue weighted by Crippen LogP contribution is 2.34. The van der Waals surface area contributed by atoms with E-state index in [9.17, 15) is 15.0 Å². The number of ketones is 1. The second-order valence-corrected chi connectivity index (χ2v) is 9.96. The lowest BCUT2D eigenvalue weighted by Crippen LogP contribution is -2.52. The molecule has 4 atom stereocenters. The highest BCUT2D eigenvalue weighted by atomic mass is 35.5. The fourth-order valence-electron chi connectivity index (χ4n) is 4.04. The van der Waals surface area contributed by atoms with Crippen molar-refractivity contribution in [2.75, 3.05) is 12.4 Å². The summed E-state index contributed by atoms with van der Waals surface area (Å²) in [6.07, 6.45) is -4.04. The summed E-state index contributed by atoms with van der Waals surface area (Å²) in [5.41, 5.74) is 3.22. The zero-order valence-electron chi connectivity index (χ0n) is 19.8. The van der Waals surface area contributed by atoms with Gasteiger partial charge >= 0.3 is 0 Å². The Morgan fingerprint density at radius 2 is 1.81 bits per heavy atom. The number of hydrogen-bond acceptors (Lipinski definition) is 7. The molecule has 3 aromatic rings. The van der Waals surface area contributed by atoms with Gasteiger partial charge in [0.15, 0.2) is 5.78 Å². The second-order valence-electron chi connectivity index (χ2n) is 8.46. The molecular formula is C28H28ClNO5S. The summed E-state index contributed by atoms with van der Waals surface area (Å²) in [6.45, 7) is 6.04. The van der Waals surface area contributed by atoms with Gasteiger partial charge in [-0.25, -0.2) is 0 Å². The van der Waals surface area contributed by atoms with Crippen LogP contribution >= 0.6 is 23.4 Å². The number of Topliss-reactive ketones (excluding diaryl/α,β-unsaturated/α-hetero) is 1. The van der Waals surface area contributed by atoms with Gasteiger partial charge in [0.1, 0.15) is 24.1 Å². The number of thioether (sulfide) groups is 1. The number of aliphatic imine (C=N–C) groups is 1. The largest absolute Gasteiger partial charge is 0.494 e. The van der Waals surface area contributed by atoms with Crippen molar-refractivity contribution in [2.24, 2.45) is 4.99 Å². The van der Waals surface area contributed by atoms with Crippen LogP contribution in [0.5, 0.6) is 5.75 Å². The maximum Gasteiger partial charge on any atom is 0.197 e. The molecule has 188 valence electrons. The number of rotatable bonds is 9. The molecule has 8 heteroatoms. The summed E-state index contributed by atoms with van der Waals surface area (Å²) >= 11 is 7.93. The molecule has 0 saturated carbocycles. The van der Waals surface area contributed by atoms with Crippen molar-refractivity contribution < 1.29 is 24.5 Å². The van der Waals surface area contributed by atoms with Gasteiger partial charge in [0.2, 0.25) is 0 Å². The molecular weight excluding hydrogens is 498 g/mol. The van der Waals surface area contributed by atoms with Gasteiger partial charge in [0.25, 0.3) is 0 Å². The summed E-state index contributed by atoms with van der Waals surface area (Å²) in [5.74, 6) is 0.585. The van der Waals surface area contributed by atoms with Gasteiger partial charge in [-0.1, -0.05) is 35.9 Å². The molecule has 0 aromatic heterocycles. The fraction of sp³-hybridized carbons (Fsp3) is 0.286. The van der Waals surface area contributed by atoms with E-state index in [-0.39, 0.29) is 0 Å². The number of carbonyl (C=O) groups is 1. The van der Waals surface area contributed by atoms with E-state index in [1.54, 1.807) is 12.1 Å². The quantitative estimate of drug-likeness (QED) is 0.295. The number of aliphatic hydroxyl groups excluding tert-OH is 2. The molecule has 1 aliphatic rings. The molecule has 36 heavy (non-hydrogen) atoms. The van der Waals surface area contributed by atoms with Crippen LogP contribution in [0.2, 0.25) is 5.02 Å². The van der Waals surface area contributed by atoms with Gasteiger partial charge in [0, 0.05) is 15.7 Å². The molecule has 0 bridgehead atoms. The number of benzene rings is 3. The van der Waals surface area contributed by atoms with E-state index < -0.39 is 30.2 Å². The topological polar surface area (TPSA) is 88.4 Å². The Hall–Kier alpha value is -2.68. The third-order valence-corrected chi connectivity index (χ3v) is 7.47. The van der Waals surface area contributed by atoms with Crippen molar-refractivity contribution in [3.63, 3.8) is 0 Å². The van der Waals surface area contributed by atoms with Gasteiger partial charge in [0.05, 0.1) is 18.4 Å². The molecule has 1 fully saturated rings. The normalized spacial score (nSPS) is 21.8. The summed E-state index contributed by atoms with van der Waals surface area (Å²) in [5, 5.41) is 21.6. The third kappa shape index (κ3) is 6.17. The standard InChI is InChI=1S/C28H28ClNO5S/c1-3-34-21-9-4-17(5-10-21)14-19-15-18(6-13-23(19)29)28-27(33)26(32)25(31)24(35-28)16-36-22-11-7-20(30-2)8-12-22/h4-13,15,24-26,28,31-32H,2-3,14,16H2,1H3. The predicted molar refractivity (Wildman–Crippen MR) is 143 cm³/mol. The average molecular weight is 526 g/mol. The molecule has 0 amide bonds. The van der Waals surface area contributed by atoms with Crippen LogP contribution in [0.3, 0.4) is 0 Å². The lowest BCUT2D eigenvalue weighted by Gasteiger charge is -2.36. The minimum Gasteiger partial charge on any atom is -0.494 e. The van der Waals surface area contributed by atoms with E-state index in [1.807, 2.05) is 61.5 Å². The predicted octanol–water partition coefficient (Wildman–Crippen LogP) is 5.18. The second kappa shape index (κ2) is 12.0. The highest BCUT2D eigenvalue weighted by molar-refractivity contribution is 7.99. The van der Waals surface area contributed by atoms with Crippen LogP contribution in [0.4, 0.5) is 5.69 Å². The van der Waals surface area contributed by atoms with E-state index in [1.165, 1.54) is 11.8 Å². The Morgan fingerprint density at radius 3 is 2.47 bits per heavy atom. The van der Waals surface area contributed by atoms with Gasteiger partial charge < -0.3 is 19.7 Å². The average Bonchev–Trinajstić information content (AvgIpc) is 2.90. The van der Waals surface area contributed by atoms with Crippen molar-refractivity contribution in [1.82, 2.24) is 0 Å². The first-order chi connectivity index (χ1) is 17.4. The smallest absolute Gasteiger partial charge is 0.197 e.